The van der Waals surface area contributed by atoms with E-state index in [0.717, 1.165) is 16.0 Å². The predicted octanol–water partition coefficient (Wildman–Crippen LogP) is 4.04. The molecule has 2 N–H and O–H groups in total. The van der Waals surface area contributed by atoms with Crippen molar-refractivity contribution in [3.8, 4) is 0 Å². The molecular formula is C15H16BrClN2. The molecule has 0 aliphatic rings. The Hall–Kier alpha value is -0.870. The van der Waals surface area contributed by atoms with Crippen molar-refractivity contribution in [1.82, 2.24) is 5.01 Å². The summed E-state index contributed by atoms with van der Waals surface area (Å²) in [4.78, 5) is 0. The van der Waals surface area contributed by atoms with E-state index >= 15 is 0 Å². The van der Waals surface area contributed by atoms with Gasteiger partial charge in [0, 0.05) is 29.0 Å². The molecule has 0 aliphatic heterocycles. The lowest BCUT2D eigenvalue weighted by Crippen LogP contribution is -2.31. The van der Waals surface area contributed by atoms with Gasteiger partial charge in [-0.1, -0.05) is 51.8 Å². The van der Waals surface area contributed by atoms with E-state index in [-0.39, 0.29) is 5.92 Å². The van der Waals surface area contributed by atoms with Crippen molar-refractivity contribution in [2.45, 2.75) is 5.92 Å². The molecule has 2 nitrogen and oxygen atoms in total. The van der Waals surface area contributed by atoms with Gasteiger partial charge in [-0.2, -0.15) is 0 Å². The first-order valence-electron chi connectivity index (χ1n) is 6.03. The first-order valence-corrected chi connectivity index (χ1v) is 7.20. The summed E-state index contributed by atoms with van der Waals surface area (Å²) in [6, 6.07) is 16.2. The van der Waals surface area contributed by atoms with E-state index in [0.29, 0.717) is 0 Å². The molecule has 2 aromatic rings. The Kier molecular flexibility index (Phi) is 4.99. The molecule has 0 heterocycles. The van der Waals surface area contributed by atoms with E-state index in [9.17, 15) is 0 Å². The summed E-state index contributed by atoms with van der Waals surface area (Å²) in [6.45, 7) is 0.748. The summed E-state index contributed by atoms with van der Waals surface area (Å²) >= 11 is 9.47. The number of likely N-dealkylation sites (N-methyl/N-ethyl adjacent to an activating group) is 1. The SMILES string of the molecule is CN(N)CC(c1ccc(Cl)cc1)c1cccc(Br)c1. The summed E-state index contributed by atoms with van der Waals surface area (Å²) < 4.78 is 1.07. The maximum Gasteiger partial charge on any atom is 0.0406 e. The van der Waals surface area contributed by atoms with Gasteiger partial charge in [-0.15, -0.1) is 0 Å². The molecule has 2 rings (SSSR count). The fourth-order valence-electron chi connectivity index (χ4n) is 2.11. The average molecular weight is 340 g/mol. The molecule has 19 heavy (non-hydrogen) atoms. The van der Waals surface area contributed by atoms with Crippen LogP contribution in [0.15, 0.2) is 53.0 Å². The normalized spacial score (nSPS) is 12.7. The van der Waals surface area contributed by atoms with E-state index in [1.165, 1.54) is 11.1 Å². The minimum atomic E-state index is 0.227. The number of hydrogen-bond donors (Lipinski definition) is 1. The lowest BCUT2D eigenvalue weighted by molar-refractivity contribution is 0.336. The lowest BCUT2D eigenvalue weighted by Gasteiger charge is -2.22. The Bertz CT molecular complexity index is 540. The molecule has 0 spiro atoms. The van der Waals surface area contributed by atoms with Gasteiger partial charge in [0.1, 0.15) is 0 Å². The number of halogens is 2. The highest BCUT2D eigenvalue weighted by Gasteiger charge is 2.15. The van der Waals surface area contributed by atoms with E-state index in [1.54, 1.807) is 5.01 Å². The third-order valence-electron chi connectivity index (χ3n) is 2.99. The molecule has 0 bridgehead atoms. The number of nitrogens with two attached hydrogens (primary N) is 1. The van der Waals surface area contributed by atoms with Gasteiger partial charge in [-0.3, -0.25) is 5.84 Å². The lowest BCUT2D eigenvalue weighted by atomic mass is 9.91. The third kappa shape index (κ3) is 4.05. The second kappa shape index (κ2) is 6.53. The largest absolute Gasteiger partial charge is 0.269 e. The number of hydrazine groups is 1. The zero-order chi connectivity index (χ0) is 13.8. The molecule has 100 valence electrons. The first-order chi connectivity index (χ1) is 9.06. The monoisotopic (exact) mass is 338 g/mol. The van der Waals surface area contributed by atoms with Crippen molar-refractivity contribution in [2.75, 3.05) is 13.6 Å². The van der Waals surface area contributed by atoms with Gasteiger partial charge in [0.15, 0.2) is 0 Å². The summed E-state index contributed by atoms with van der Waals surface area (Å²) in [6.07, 6.45) is 0. The highest BCUT2D eigenvalue weighted by molar-refractivity contribution is 9.10. The summed E-state index contributed by atoms with van der Waals surface area (Å²) in [7, 11) is 1.88. The van der Waals surface area contributed by atoms with Crippen LogP contribution in [0.25, 0.3) is 0 Å². The van der Waals surface area contributed by atoms with Crippen molar-refractivity contribution in [3.05, 3.63) is 69.2 Å². The minimum Gasteiger partial charge on any atom is -0.269 e. The van der Waals surface area contributed by atoms with Crippen molar-refractivity contribution < 1.29 is 0 Å². The van der Waals surface area contributed by atoms with Crippen LogP contribution in [0.5, 0.6) is 0 Å². The second-order valence-electron chi connectivity index (χ2n) is 4.60. The average Bonchev–Trinajstić information content (AvgIpc) is 2.37. The van der Waals surface area contributed by atoms with Gasteiger partial charge in [0.2, 0.25) is 0 Å². The van der Waals surface area contributed by atoms with Crippen LogP contribution in [0.2, 0.25) is 5.02 Å². The summed E-state index contributed by atoms with van der Waals surface area (Å²) in [5.74, 6) is 6.06. The van der Waals surface area contributed by atoms with Crippen LogP contribution in [0.4, 0.5) is 0 Å². The van der Waals surface area contributed by atoms with E-state index in [2.05, 4.69) is 40.2 Å². The quantitative estimate of drug-likeness (QED) is 0.673. The Balaban J connectivity index is 2.38. The first kappa shape index (κ1) is 14.5. The Morgan fingerprint density at radius 2 is 1.84 bits per heavy atom. The van der Waals surface area contributed by atoms with Crippen molar-refractivity contribution >= 4 is 27.5 Å². The number of hydrogen-bond acceptors (Lipinski definition) is 2. The van der Waals surface area contributed by atoms with Crippen molar-refractivity contribution in [2.24, 2.45) is 5.84 Å². The van der Waals surface area contributed by atoms with Gasteiger partial charge in [0.25, 0.3) is 0 Å². The van der Waals surface area contributed by atoms with Gasteiger partial charge in [-0.05, 0) is 35.4 Å². The molecule has 0 amide bonds. The van der Waals surface area contributed by atoms with Crippen LogP contribution < -0.4 is 5.84 Å². The van der Waals surface area contributed by atoms with Gasteiger partial charge in [-0.25, -0.2) is 5.01 Å². The van der Waals surface area contributed by atoms with Gasteiger partial charge in [0.05, 0.1) is 0 Å². The number of nitrogens with zero attached hydrogens (tertiary/aromatic N) is 1. The van der Waals surface area contributed by atoms with Gasteiger partial charge >= 0.3 is 0 Å². The van der Waals surface area contributed by atoms with Gasteiger partial charge < -0.3 is 0 Å². The molecule has 2 aromatic carbocycles. The Labute approximate surface area is 127 Å². The van der Waals surface area contributed by atoms with E-state index in [4.69, 9.17) is 17.4 Å². The van der Waals surface area contributed by atoms with Crippen LogP contribution in [0, 0.1) is 0 Å². The molecule has 0 saturated carbocycles. The summed E-state index contributed by atoms with van der Waals surface area (Å²) in [5, 5.41) is 2.46. The Morgan fingerprint density at radius 1 is 1.16 bits per heavy atom. The molecular weight excluding hydrogens is 324 g/mol. The zero-order valence-corrected chi connectivity index (χ0v) is 13.0. The summed E-state index contributed by atoms with van der Waals surface area (Å²) in [5.41, 5.74) is 2.44. The van der Waals surface area contributed by atoms with Crippen LogP contribution in [0.3, 0.4) is 0 Å². The van der Waals surface area contributed by atoms with Crippen LogP contribution in [-0.2, 0) is 0 Å². The maximum absolute atomic E-state index is 5.95. The highest BCUT2D eigenvalue weighted by atomic mass is 79.9. The van der Waals surface area contributed by atoms with Crippen molar-refractivity contribution in [3.63, 3.8) is 0 Å². The molecule has 0 saturated heterocycles. The number of benzene rings is 2. The molecule has 0 aromatic heterocycles. The molecule has 1 atom stereocenters. The minimum absolute atomic E-state index is 0.227. The Morgan fingerprint density at radius 3 is 2.42 bits per heavy atom. The van der Waals surface area contributed by atoms with E-state index in [1.807, 2.05) is 31.3 Å². The number of rotatable bonds is 4. The molecule has 1 unspecified atom stereocenters. The van der Waals surface area contributed by atoms with Crippen LogP contribution in [-0.4, -0.2) is 18.6 Å². The second-order valence-corrected chi connectivity index (χ2v) is 5.95. The van der Waals surface area contributed by atoms with Crippen LogP contribution >= 0.6 is 27.5 Å². The smallest absolute Gasteiger partial charge is 0.0406 e. The van der Waals surface area contributed by atoms with E-state index < -0.39 is 0 Å². The molecule has 0 aliphatic carbocycles. The molecule has 4 heteroatoms. The van der Waals surface area contributed by atoms with Crippen LogP contribution in [0.1, 0.15) is 17.0 Å². The van der Waals surface area contributed by atoms with Crippen molar-refractivity contribution in [1.29, 1.82) is 0 Å². The zero-order valence-electron chi connectivity index (χ0n) is 10.7. The standard InChI is InChI=1S/C15H16BrClN2/c1-19(18)10-15(11-5-7-14(17)8-6-11)12-3-2-4-13(16)9-12/h2-9,15H,10,18H2,1H3. The molecule has 0 radical (unpaired) electrons. The predicted molar refractivity (Wildman–Crippen MR) is 84.3 cm³/mol. The fourth-order valence-corrected chi connectivity index (χ4v) is 2.65. The third-order valence-corrected chi connectivity index (χ3v) is 3.74. The molecule has 0 fully saturated rings. The fraction of sp³-hybridized carbons (Fsp3) is 0.200. The highest BCUT2D eigenvalue weighted by Crippen LogP contribution is 2.28. The maximum atomic E-state index is 5.95. The topological polar surface area (TPSA) is 29.3 Å².